The highest BCUT2D eigenvalue weighted by Crippen LogP contribution is 2.56. The molecule has 0 saturated heterocycles. The summed E-state index contributed by atoms with van der Waals surface area (Å²) in [5, 5.41) is 13.7. The summed E-state index contributed by atoms with van der Waals surface area (Å²) < 4.78 is 4.83. The van der Waals surface area contributed by atoms with Gasteiger partial charge in [-0.3, -0.25) is 9.69 Å². The number of allylic oxidation sites excluding steroid dienone is 1. The van der Waals surface area contributed by atoms with Crippen molar-refractivity contribution in [2.75, 3.05) is 19.1 Å². The van der Waals surface area contributed by atoms with Gasteiger partial charge in [0, 0.05) is 13.5 Å². The lowest BCUT2D eigenvalue weighted by molar-refractivity contribution is -0.124. The van der Waals surface area contributed by atoms with E-state index in [-0.39, 0.29) is 12.3 Å². The number of nitrogens with one attached hydrogen (secondary N) is 1. The molecule has 0 bridgehead atoms. The highest BCUT2D eigenvalue weighted by molar-refractivity contribution is 5.93. The zero-order chi connectivity index (χ0) is 18.1. The Morgan fingerprint density at radius 3 is 2.62 bits per heavy atom. The normalized spacial score (nSPS) is 22.7. The van der Waals surface area contributed by atoms with Crippen molar-refractivity contribution in [2.24, 2.45) is 5.41 Å². The molecule has 1 heterocycles. The summed E-state index contributed by atoms with van der Waals surface area (Å²) in [6.07, 6.45) is -0.216. The number of hydrogen-bond acceptors (Lipinski definition) is 4. The fourth-order valence-corrected chi connectivity index (χ4v) is 3.47. The van der Waals surface area contributed by atoms with E-state index >= 15 is 0 Å². The van der Waals surface area contributed by atoms with Crippen molar-refractivity contribution < 1.29 is 19.4 Å². The van der Waals surface area contributed by atoms with Crippen LogP contribution in [0.2, 0.25) is 0 Å². The molecular formula is C18H24N2O4. The molecule has 0 aliphatic carbocycles. The minimum atomic E-state index is -1.26. The van der Waals surface area contributed by atoms with Gasteiger partial charge in [0.15, 0.2) is 0 Å². The number of rotatable bonds is 4. The summed E-state index contributed by atoms with van der Waals surface area (Å²) >= 11 is 0. The fraction of sp³-hybridized carbons (Fsp3) is 0.444. The zero-order valence-corrected chi connectivity index (χ0v) is 14.5. The molecule has 1 aromatic carbocycles. The highest BCUT2D eigenvalue weighted by Gasteiger charge is 2.60. The number of carbonyl (C=O) groups is 2. The summed E-state index contributed by atoms with van der Waals surface area (Å²) in [6, 6.07) is 7.17. The van der Waals surface area contributed by atoms with Gasteiger partial charge in [0.2, 0.25) is 5.91 Å². The number of carbonyl (C=O) groups excluding carboxylic acids is 2. The van der Waals surface area contributed by atoms with Crippen molar-refractivity contribution in [1.82, 2.24) is 5.32 Å². The molecule has 0 saturated carbocycles. The van der Waals surface area contributed by atoms with Crippen LogP contribution in [-0.2, 0) is 14.9 Å². The van der Waals surface area contributed by atoms with Crippen LogP contribution in [0, 0.1) is 5.41 Å². The van der Waals surface area contributed by atoms with Crippen molar-refractivity contribution in [3.63, 3.8) is 0 Å². The molecule has 0 radical (unpaired) electrons. The molecule has 0 aromatic heterocycles. The van der Waals surface area contributed by atoms with E-state index in [0.29, 0.717) is 5.69 Å². The van der Waals surface area contributed by atoms with Gasteiger partial charge in [-0.05, 0) is 17.0 Å². The minimum Gasteiger partial charge on any atom is -0.452 e. The summed E-state index contributed by atoms with van der Waals surface area (Å²) in [4.78, 5) is 25.7. The maximum Gasteiger partial charge on any atom is 0.416 e. The van der Waals surface area contributed by atoms with Gasteiger partial charge in [-0.25, -0.2) is 4.79 Å². The van der Waals surface area contributed by atoms with Gasteiger partial charge >= 0.3 is 6.09 Å². The molecular weight excluding hydrogens is 308 g/mol. The number of para-hydroxylation sites is 1. The third kappa shape index (κ3) is 2.38. The first-order valence-corrected chi connectivity index (χ1v) is 7.75. The van der Waals surface area contributed by atoms with Crippen molar-refractivity contribution in [1.29, 1.82) is 0 Å². The maximum absolute atomic E-state index is 12.3. The third-order valence-electron chi connectivity index (χ3n) is 5.08. The molecule has 1 aromatic rings. The Labute approximate surface area is 142 Å². The Morgan fingerprint density at radius 2 is 2.08 bits per heavy atom. The van der Waals surface area contributed by atoms with Crippen molar-refractivity contribution in [3.8, 4) is 0 Å². The van der Waals surface area contributed by atoms with Gasteiger partial charge in [-0.15, -0.1) is 6.58 Å². The molecule has 2 unspecified atom stereocenters. The van der Waals surface area contributed by atoms with Gasteiger partial charge in [0.1, 0.15) is 6.23 Å². The monoisotopic (exact) mass is 332 g/mol. The lowest BCUT2D eigenvalue weighted by Gasteiger charge is -2.45. The van der Waals surface area contributed by atoms with E-state index in [2.05, 4.69) is 11.9 Å². The number of fused-ring (bicyclic) bond motifs is 1. The molecule has 24 heavy (non-hydrogen) atoms. The van der Waals surface area contributed by atoms with E-state index in [9.17, 15) is 14.7 Å². The van der Waals surface area contributed by atoms with E-state index in [1.54, 1.807) is 25.3 Å². The van der Waals surface area contributed by atoms with Crippen molar-refractivity contribution >= 4 is 17.7 Å². The van der Waals surface area contributed by atoms with Gasteiger partial charge in [-0.1, -0.05) is 38.1 Å². The second-order valence-corrected chi connectivity index (χ2v) is 6.48. The summed E-state index contributed by atoms with van der Waals surface area (Å²) in [6.45, 7) is 7.66. The predicted molar refractivity (Wildman–Crippen MR) is 91.7 cm³/mol. The van der Waals surface area contributed by atoms with Crippen LogP contribution < -0.4 is 10.2 Å². The standard InChI is InChI=1S/C18H24N2O4/c1-6-17(2,3)18(11-14(21)19-4)12-9-7-8-10-13(12)20(15(18)22)16(23)24-5/h6-10,15,22H,1,11H2,2-5H3,(H,19,21). The smallest absolute Gasteiger partial charge is 0.416 e. The van der Waals surface area contributed by atoms with E-state index in [1.165, 1.54) is 12.0 Å². The molecule has 2 atom stereocenters. The molecule has 0 fully saturated rings. The van der Waals surface area contributed by atoms with E-state index in [0.717, 1.165) is 5.56 Å². The molecule has 0 spiro atoms. The molecule has 2 N–H and O–H groups in total. The largest absolute Gasteiger partial charge is 0.452 e. The van der Waals surface area contributed by atoms with Crippen LogP contribution in [0.25, 0.3) is 0 Å². The SMILES string of the molecule is C=CC(C)(C)C1(CC(=O)NC)c2ccccc2N(C(=O)OC)C1O. The first-order valence-electron chi connectivity index (χ1n) is 7.75. The maximum atomic E-state index is 12.3. The third-order valence-corrected chi connectivity index (χ3v) is 5.08. The average molecular weight is 332 g/mol. The van der Waals surface area contributed by atoms with E-state index in [4.69, 9.17) is 4.74 Å². The fourth-order valence-electron chi connectivity index (χ4n) is 3.47. The lowest BCUT2D eigenvalue weighted by atomic mass is 9.59. The lowest BCUT2D eigenvalue weighted by Crippen LogP contribution is -2.55. The Balaban J connectivity index is 2.76. The van der Waals surface area contributed by atoms with Crippen molar-refractivity contribution in [2.45, 2.75) is 31.9 Å². The molecule has 1 aliphatic rings. The summed E-state index contributed by atoms with van der Waals surface area (Å²) in [5.41, 5.74) is -0.454. The number of benzene rings is 1. The molecule has 6 nitrogen and oxygen atoms in total. The molecule has 2 amide bonds. The Hall–Kier alpha value is -2.34. The predicted octanol–water partition coefficient (Wildman–Crippen LogP) is 2.18. The van der Waals surface area contributed by atoms with Crippen LogP contribution in [0.4, 0.5) is 10.5 Å². The Kier molecular flexibility index (Phi) is 4.71. The van der Waals surface area contributed by atoms with Gasteiger partial charge in [0.25, 0.3) is 0 Å². The first kappa shape index (κ1) is 18.0. The second-order valence-electron chi connectivity index (χ2n) is 6.48. The first-order chi connectivity index (χ1) is 11.3. The van der Waals surface area contributed by atoms with E-state index < -0.39 is 23.2 Å². The van der Waals surface area contributed by atoms with E-state index in [1.807, 2.05) is 26.0 Å². The molecule has 1 aliphatic heterocycles. The van der Waals surface area contributed by atoms with Gasteiger partial charge in [0.05, 0.1) is 18.2 Å². The number of aliphatic hydroxyl groups is 1. The minimum absolute atomic E-state index is 0.00813. The topological polar surface area (TPSA) is 78.9 Å². The number of amides is 2. The average Bonchev–Trinajstić information content (AvgIpc) is 2.84. The second kappa shape index (κ2) is 6.28. The number of hydrogen-bond donors (Lipinski definition) is 2. The van der Waals surface area contributed by atoms with Crippen LogP contribution in [0.1, 0.15) is 25.8 Å². The molecule has 130 valence electrons. The zero-order valence-electron chi connectivity index (χ0n) is 14.5. The summed E-state index contributed by atoms with van der Waals surface area (Å²) in [5.74, 6) is -0.231. The number of anilines is 1. The molecule has 6 heteroatoms. The number of aliphatic hydroxyl groups excluding tert-OH is 1. The Bertz CT molecular complexity index is 671. The van der Waals surface area contributed by atoms with Crippen LogP contribution in [0.15, 0.2) is 36.9 Å². The number of nitrogens with zero attached hydrogens (tertiary/aromatic N) is 1. The number of methoxy groups -OCH3 is 1. The quantitative estimate of drug-likeness (QED) is 0.828. The molecule has 2 rings (SSSR count). The summed E-state index contributed by atoms with van der Waals surface area (Å²) in [7, 11) is 2.80. The van der Waals surface area contributed by atoms with Crippen LogP contribution in [0.3, 0.4) is 0 Å². The van der Waals surface area contributed by atoms with Gasteiger partial charge in [-0.2, -0.15) is 0 Å². The van der Waals surface area contributed by atoms with Gasteiger partial charge < -0.3 is 15.2 Å². The van der Waals surface area contributed by atoms with Crippen molar-refractivity contribution in [3.05, 3.63) is 42.5 Å². The van der Waals surface area contributed by atoms with Crippen LogP contribution in [0.5, 0.6) is 0 Å². The Morgan fingerprint density at radius 1 is 1.46 bits per heavy atom. The van der Waals surface area contributed by atoms with Crippen LogP contribution >= 0.6 is 0 Å². The van der Waals surface area contributed by atoms with Crippen LogP contribution in [-0.4, -0.2) is 37.5 Å². The highest BCUT2D eigenvalue weighted by atomic mass is 16.5. The number of ether oxygens (including phenoxy) is 1.